The smallest absolute Gasteiger partial charge is 0.229 e. The normalized spacial score (nSPS) is 15.8. The van der Waals surface area contributed by atoms with Crippen LogP contribution in [0.1, 0.15) is 31.7 Å². The van der Waals surface area contributed by atoms with Crippen molar-refractivity contribution >= 4 is 5.91 Å². The van der Waals surface area contributed by atoms with Gasteiger partial charge in [-0.05, 0) is 18.9 Å². The van der Waals surface area contributed by atoms with Gasteiger partial charge in [-0.1, -0.05) is 37.3 Å². The number of aliphatic hydroxyl groups is 1. The van der Waals surface area contributed by atoms with Gasteiger partial charge in [0.15, 0.2) is 0 Å². The van der Waals surface area contributed by atoms with Gasteiger partial charge < -0.3 is 16.2 Å². The topological polar surface area (TPSA) is 75.3 Å². The minimum Gasteiger partial charge on any atom is -0.394 e. The fourth-order valence-corrected chi connectivity index (χ4v) is 1.70. The highest BCUT2D eigenvalue weighted by molar-refractivity contribution is 5.84. The zero-order chi connectivity index (χ0) is 13.6. The van der Waals surface area contributed by atoms with Gasteiger partial charge in [0.05, 0.1) is 18.1 Å². The molecule has 18 heavy (non-hydrogen) atoms. The number of benzene rings is 1. The molecule has 0 saturated carbocycles. The first-order chi connectivity index (χ1) is 8.56. The van der Waals surface area contributed by atoms with Crippen molar-refractivity contribution in [3.8, 4) is 0 Å². The number of aliphatic hydroxyl groups excluding tert-OH is 1. The molecular formula is C14H22N2O2. The van der Waals surface area contributed by atoms with Gasteiger partial charge in [-0.3, -0.25) is 4.79 Å². The van der Waals surface area contributed by atoms with E-state index >= 15 is 0 Å². The van der Waals surface area contributed by atoms with Gasteiger partial charge in [0, 0.05) is 6.54 Å². The molecule has 1 rings (SSSR count). The van der Waals surface area contributed by atoms with Crippen LogP contribution in [0.25, 0.3) is 0 Å². The fraction of sp³-hybridized carbons (Fsp3) is 0.500. The number of hydrogen-bond acceptors (Lipinski definition) is 3. The Morgan fingerprint density at radius 3 is 2.50 bits per heavy atom. The van der Waals surface area contributed by atoms with Gasteiger partial charge in [0.1, 0.15) is 0 Å². The molecule has 100 valence electrons. The van der Waals surface area contributed by atoms with Crippen LogP contribution in [-0.4, -0.2) is 29.7 Å². The third-order valence-corrected chi connectivity index (χ3v) is 3.31. The van der Waals surface area contributed by atoms with Crippen molar-refractivity contribution in [2.45, 2.75) is 31.7 Å². The summed E-state index contributed by atoms with van der Waals surface area (Å²) < 4.78 is 0. The van der Waals surface area contributed by atoms with Crippen molar-refractivity contribution in [3.63, 3.8) is 0 Å². The molecule has 2 unspecified atom stereocenters. The summed E-state index contributed by atoms with van der Waals surface area (Å²) in [6, 6.07) is 9.45. The maximum absolute atomic E-state index is 12.2. The van der Waals surface area contributed by atoms with Crippen LogP contribution < -0.4 is 11.1 Å². The van der Waals surface area contributed by atoms with E-state index in [-0.39, 0.29) is 25.0 Å². The van der Waals surface area contributed by atoms with Crippen LogP contribution in [0.5, 0.6) is 0 Å². The van der Waals surface area contributed by atoms with Crippen molar-refractivity contribution in [2.24, 2.45) is 5.73 Å². The van der Waals surface area contributed by atoms with Crippen molar-refractivity contribution in [1.82, 2.24) is 5.32 Å². The van der Waals surface area contributed by atoms with E-state index in [9.17, 15) is 9.90 Å². The molecule has 0 fully saturated rings. The molecule has 0 radical (unpaired) electrons. The molecule has 4 heteroatoms. The second-order valence-corrected chi connectivity index (χ2v) is 4.76. The Hall–Kier alpha value is -1.39. The standard InChI is InChI=1S/C14H22N2O2/c1-3-14(2,10-17)16-13(18)12(9-15)11-7-5-4-6-8-11/h4-8,12,17H,3,9-10,15H2,1-2H3,(H,16,18). The van der Waals surface area contributed by atoms with Gasteiger partial charge in [0.25, 0.3) is 0 Å². The lowest BCUT2D eigenvalue weighted by atomic mass is 9.94. The third kappa shape index (κ3) is 3.55. The SMILES string of the molecule is CCC(C)(CO)NC(=O)C(CN)c1ccccc1. The van der Waals surface area contributed by atoms with E-state index < -0.39 is 5.54 Å². The van der Waals surface area contributed by atoms with E-state index in [2.05, 4.69) is 5.32 Å². The lowest BCUT2D eigenvalue weighted by Gasteiger charge is -2.29. The third-order valence-electron chi connectivity index (χ3n) is 3.31. The summed E-state index contributed by atoms with van der Waals surface area (Å²) >= 11 is 0. The lowest BCUT2D eigenvalue weighted by Crippen LogP contribution is -2.50. The van der Waals surface area contributed by atoms with Crippen LogP contribution in [0.4, 0.5) is 0 Å². The number of carbonyl (C=O) groups excluding carboxylic acids is 1. The molecule has 0 spiro atoms. The van der Waals surface area contributed by atoms with Crippen molar-refractivity contribution in [2.75, 3.05) is 13.2 Å². The summed E-state index contributed by atoms with van der Waals surface area (Å²) in [7, 11) is 0. The van der Waals surface area contributed by atoms with Gasteiger partial charge in [-0.2, -0.15) is 0 Å². The summed E-state index contributed by atoms with van der Waals surface area (Å²) in [5.74, 6) is -0.509. The molecule has 0 aliphatic heterocycles. The zero-order valence-corrected chi connectivity index (χ0v) is 11.0. The van der Waals surface area contributed by atoms with Crippen LogP contribution in [-0.2, 0) is 4.79 Å². The molecule has 0 aliphatic rings. The van der Waals surface area contributed by atoms with Gasteiger partial charge >= 0.3 is 0 Å². The molecule has 0 heterocycles. The predicted octanol–water partition coefficient (Wildman–Crippen LogP) is 1.01. The number of nitrogens with two attached hydrogens (primary N) is 1. The van der Waals surface area contributed by atoms with Crippen LogP contribution >= 0.6 is 0 Å². The Kier molecular flexibility index (Phi) is 5.31. The molecule has 0 bridgehead atoms. The first-order valence-electron chi connectivity index (χ1n) is 6.24. The maximum Gasteiger partial charge on any atom is 0.229 e. The highest BCUT2D eigenvalue weighted by Gasteiger charge is 2.27. The summed E-state index contributed by atoms with van der Waals surface area (Å²) in [4.78, 5) is 12.2. The van der Waals surface area contributed by atoms with Crippen LogP contribution in [0.15, 0.2) is 30.3 Å². The predicted molar refractivity (Wildman–Crippen MR) is 72.2 cm³/mol. The molecule has 0 aromatic heterocycles. The van der Waals surface area contributed by atoms with Crippen molar-refractivity contribution in [1.29, 1.82) is 0 Å². The van der Waals surface area contributed by atoms with Gasteiger partial charge in [-0.25, -0.2) is 0 Å². The first kappa shape index (κ1) is 14.7. The quantitative estimate of drug-likeness (QED) is 0.705. The monoisotopic (exact) mass is 250 g/mol. The Morgan fingerprint density at radius 1 is 1.44 bits per heavy atom. The molecule has 1 aromatic rings. The summed E-state index contributed by atoms with van der Waals surface area (Å²) in [6.07, 6.45) is 0.668. The van der Waals surface area contributed by atoms with Gasteiger partial charge in [-0.15, -0.1) is 0 Å². The average Bonchev–Trinajstić information content (AvgIpc) is 2.40. The van der Waals surface area contributed by atoms with Crippen molar-refractivity contribution < 1.29 is 9.90 Å². The number of rotatable bonds is 6. The molecule has 1 aromatic carbocycles. The van der Waals surface area contributed by atoms with Crippen LogP contribution in [0.3, 0.4) is 0 Å². The van der Waals surface area contributed by atoms with E-state index in [1.54, 1.807) is 0 Å². The fourth-order valence-electron chi connectivity index (χ4n) is 1.70. The number of carbonyl (C=O) groups is 1. The number of hydrogen-bond donors (Lipinski definition) is 3. The molecule has 4 nitrogen and oxygen atoms in total. The zero-order valence-electron chi connectivity index (χ0n) is 11.0. The number of amides is 1. The number of nitrogens with one attached hydrogen (secondary N) is 1. The highest BCUT2D eigenvalue weighted by Crippen LogP contribution is 2.17. The minimum atomic E-state index is -0.584. The van der Waals surface area contributed by atoms with E-state index in [4.69, 9.17) is 5.73 Å². The molecule has 2 atom stereocenters. The minimum absolute atomic E-state index is 0.0820. The molecular weight excluding hydrogens is 228 g/mol. The molecule has 0 aliphatic carbocycles. The largest absolute Gasteiger partial charge is 0.394 e. The Labute approximate surface area is 108 Å². The second kappa shape index (κ2) is 6.52. The Balaban J connectivity index is 2.81. The summed E-state index contributed by atoms with van der Waals surface area (Å²) in [5.41, 5.74) is 6.00. The van der Waals surface area contributed by atoms with Crippen LogP contribution in [0, 0.1) is 0 Å². The summed E-state index contributed by atoms with van der Waals surface area (Å²) in [5, 5.41) is 12.2. The molecule has 4 N–H and O–H groups in total. The maximum atomic E-state index is 12.2. The van der Waals surface area contributed by atoms with Crippen LogP contribution in [0.2, 0.25) is 0 Å². The van der Waals surface area contributed by atoms with E-state index in [0.29, 0.717) is 6.42 Å². The van der Waals surface area contributed by atoms with E-state index in [1.807, 2.05) is 44.2 Å². The van der Waals surface area contributed by atoms with Crippen molar-refractivity contribution in [3.05, 3.63) is 35.9 Å². The molecule has 0 saturated heterocycles. The first-order valence-corrected chi connectivity index (χ1v) is 6.24. The highest BCUT2D eigenvalue weighted by atomic mass is 16.3. The van der Waals surface area contributed by atoms with E-state index in [0.717, 1.165) is 5.56 Å². The molecule has 1 amide bonds. The summed E-state index contributed by atoms with van der Waals surface area (Å²) in [6.45, 7) is 3.92. The van der Waals surface area contributed by atoms with E-state index in [1.165, 1.54) is 0 Å². The van der Waals surface area contributed by atoms with Gasteiger partial charge in [0.2, 0.25) is 5.91 Å². The lowest BCUT2D eigenvalue weighted by molar-refractivity contribution is -0.124. The Bertz CT molecular complexity index is 375. The Morgan fingerprint density at radius 2 is 2.06 bits per heavy atom. The second-order valence-electron chi connectivity index (χ2n) is 4.76. The average molecular weight is 250 g/mol.